The zero-order chi connectivity index (χ0) is 55.9. The Hall–Kier alpha value is -8.52. The minimum atomic E-state index is -2.18. The molecule has 0 bridgehead atoms. The molecule has 22 N–H and O–H groups in total. The van der Waals surface area contributed by atoms with Crippen molar-refractivity contribution in [2.24, 2.45) is 28.9 Å². The molecule has 1 rings (SSSR count). The molecule has 73 heavy (non-hydrogen) atoms. The third-order valence-corrected chi connectivity index (χ3v) is 10.0. The zero-order valence-corrected chi connectivity index (χ0v) is 39.2. The van der Waals surface area contributed by atoms with Crippen LogP contribution in [-0.2, 0) is 73.5 Å². The highest BCUT2D eigenvalue weighted by atomic mass is 16.4. The highest BCUT2D eigenvalue weighted by molar-refractivity contribution is 6.01. The third-order valence-electron chi connectivity index (χ3n) is 10.0. The fourth-order valence-electron chi connectivity index (χ4n) is 6.16. The number of rotatable bonds is 33. The average molecular weight is 1040 g/mol. The van der Waals surface area contributed by atoms with Gasteiger partial charge in [-0.3, -0.25) is 62.3 Å². The molecule has 32 nitrogen and oxygen atoms in total. The molecule has 9 atom stereocenters. The summed E-state index contributed by atoms with van der Waals surface area (Å²) in [6.45, 7) is 0.454. The summed E-state index contributed by atoms with van der Waals surface area (Å²) in [5.74, 6) is -20.1. The molecule has 0 aromatic heterocycles. The van der Waals surface area contributed by atoms with Crippen LogP contribution in [0.3, 0.4) is 0 Å². The number of carbonyl (C=O) groups excluding carboxylic acids is 11. The van der Waals surface area contributed by atoms with Gasteiger partial charge < -0.3 is 96.1 Å². The first-order chi connectivity index (χ1) is 34.0. The summed E-state index contributed by atoms with van der Waals surface area (Å²) in [6, 6.07) is -12.1. The minimum absolute atomic E-state index is 0.219. The molecule has 0 saturated heterocycles. The van der Waals surface area contributed by atoms with Gasteiger partial charge in [0.1, 0.15) is 54.1 Å². The first-order valence-electron chi connectivity index (χ1n) is 21.7. The predicted molar refractivity (Wildman–Crippen MR) is 242 cm³/mol. The van der Waals surface area contributed by atoms with Crippen LogP contribution < -0.4 is 65.5 Å². The topological polar surface area (TPSA) is 561 Å². The maximum atomic E-state index is 13.8. The Morgan fingerprint density at radius 2 is 0.795 bits per heavy atom. The molecule has 0 fully saturated rings. The van der Waals surface area contributed by atoms with Gasteiger partial charge in [0.25, 0.3) is 0 Å². The third kappa shape index (κ3) is 22.8. The Morgan fingerprint density at radius 3 is 1.14 bits per heavy atom. The van der Waals surface area contributed by atoms with E-state index < -0.39 is 188 Å². The van der Waals surface area contributed by atoms with Crippen molar-refractivity contribution in [1.29, 1.82) is 0 Å². The van der Waals surface area contributed by atoms with E-state index in [0.717, 1.165) is 0 Å². The van der Waals surface area contributed by atoms with Gasteiger partial charge in [-0.1, -0.05) is 26.0 Å². The van der Waals surface area contributed by atoms with Crippen molar-refractivity contribution in [3.63, 3.8) is 0 Å². The van der Waals surface area contributed by atoms with Crippen molar-refractivity contribution >= 4 is 82.9 Å². The zero-order valence-electron chi connectivity index (χ0n) is 39.2. The number of benzene rings is 1. The molecule has 404 valence electrons. The first-order valence-corrected chi connectivity index (χ1v) is 21.7. The summed E-state index contributed by atoms with van der Waals surface area (Å²) < 4.78 is 0. The molecule has 0 saturated carbocycles. The maximum Gasteiger partial charge on any atom is 0.326 e. The Balaban J connectivity index is 3.46. The second-order valence-electron chi connectivity index (χ2n) is 16.4. The van der Waals surface area contributed by atoms with Crippen LogP contribution in [0.5, 0.6) is 5.75 Å². The lowest BCUT2D eigenvalue weighted by atomic mass is 10.0. The van der Waals surface area contributed by atoms with E-state index in [0.29, 0.717) is 0 Å². The predicted octanol–water partition coefficient (Wildman–Crippen LogP) is -9.17. The molecule has 1 aromatic carbocycles. The minimum Gasteiger partial charge on any atom is -0.508 e. The number of carbonyl (C=O) groups is 14. The number of hydrogen-bond donors (Lipinski definition) is 18. The van der Waals surface area contributed by atoms with E-state index in [1.165, 1.54) is 38.1 Å². The number of hydrogen-bond acceptors (Lipinski definition) is 18. The molecule has 0 unspecified atom stereocenters. The number of nitrogens with two attached hydrogens (primary N) is 4. The van der Waals surface area contributed by atoms with E-state index in [9.17, 15) is 97.8 Å². The smallest absolute Gasteiger partial charge is 0.326 e. The highest BCUT2D eigenvalue weighted by Crippen LogP contribution is 2.13. The molecule has 0 aliphatic heterocycles. The standard InChI is InChI=1S/C41H60N12O20/c1-16(2)32(41(72)73)53-38(69)24(13-31(62)63)50-40(71)26(15-55)52-36(67)22(11-29(45)59)47-35(66)21(10-28(44)58)48-37(68)23(12-30(60)61)49-34(65)20(9-17-3-5-18(56)6-4-17)46-39(70)25(14-54)51-33(64)19(42)7-8-27(43)57/h3-6,16,19-26,32,54-56H,7-15,42H2,1-2H3,(H2,43,57)(H2,44,58)(H2,45,59)(H,46,70)(H,47,66)(H,48,68)(H,49,65)(H,50,71)(H,51,64)(H,52,67)(H,53,69)(H,60,61)(H,62,63)(H,72,73)/t19-,20-,21-,22-,23-,24-,25-,26-,32-/m0/s1. The maximum absolute atomic E-state index is 13.8. The van der Waals surface area contributed by atoms with Crippen molar-refractivity contribution < 1.29 is 97.8 Å². The number of carboxylic acids is 3. The van der Waals surface area contributed by atoms with Gasteiger partial charge in [-0.05, 0) is 30.0 Å². The number of nitrogens with one attached hydrogen (secondary N) is 8. The number of aliphatic hydroxyl groups excluding tert-OH is 2. The molecule has 11 amide bonds. The van der Waals surface area contributed by atoms with E-state index >= 15 is 0 Å². The van der Waals surface area contributed by atoms with Gasteiger partial charge in [-0.15, -0.1) is 0 Å². The number of carboxylic acid groups (broad SMARTS) is 3. The van der Waals surface area contributed by atoms with Gasteiger partial charge in [-0.2, -0.15) is 0 Å². The second-order valence-corrected chi connectivity index (χ2v) is 16.4. The van der Waals surface area contributed by atoms with Crippen LogP contribution in [0.2, 0.25) is 0 Å². The summed E-state index contributed by atoms with van der Waals surface area (Å²) in [5.41, 5.74) is 21.6. The molecule has 0 radical (unpaired) electrons. The number of aliphatic hydroxyl groups is 2. The van der Waals surface area contributed by atoms with Crippen molar-refractivity contribution in [2.75, 3.05) is 13.2 Å². The summed E-state index contributed by atoms with van der Waals surface area (Å²) >= 11 is 0. The van der Waals surface area contributed by atoms with Gasteiger partial charge in [0, 0.05) is 12.8 Å². The molecule has 0 heterocycles. The lowest BCUT2D eigenvalue weighted by molar-refractivity contribution is -0.144. The number of primary amides is 3. The van der Waals surface area contributed by atoms with Crippen molar-refractivity contribution in [2.45, 2.75) is 113 Å². The number of aromatic hydroxyl groups is 1. The summed E-state index contributed by atoms with van der Waals surface area (Å²) in [6.07, 6.45) is -5.64. The highest BCUT2D eigenvalue weighted by Gasteiger charge is 2.37. The van der Waals surface area contributed by atoms with Crippen molar-refractivity contribution in [3.05, 3.63) is 29.8 Å². The van der Waals surface area contributed by atoms with Crippen LogP contribution in [0.4, 0.5) is 0 Å². The summed E-state index contributed by atoms with van der Waals surface area (Å²) in [7, 11) is 0. The monoisotopic (exact) mass is 1040 g/mol. The lowest BCUT2D eigenvalue weighted by Crippen LogP contribution is -2.62. The summed E-state index contributed by atoms with van der Waals surface area (Å²) in [5, 5.41) is 74.4. The Kier molecular flexibility index (Phi) is 25.9. The quantitative estimate of drug-likeness (QED) is 0.0311. The molecule has 0 aliphatic carbocycles. The second kappa shape index (κ2) is 30.3. The van der Waals surface area contributed by atoms with Crippen LogP contribution in [0.25, 0.3) is 0 Å². The number of aliphatic carboxylic acids is 3. The van der Waals surface area contributed by atoms with Gasteiger partial charge in [0.15, 0.2) is 0 Å². The van der Waals surface area contributed by atoms with Crippen molar-refractivity contribution in [3.8, 4) is 5.75 Å². The van der Waals surface area contributed by atoms with Crippen molar-refractivity contribution in [1.82, 2.24) is 42.5 Å². The van der Waals surface area contributed by atoms with Crippen LogP contribution >= 0.6 is 0 Å². The van der Waals surface area contributed by atoms with Gasteiger partial charge in [-0.25, -0.2) is 4.79 Å². The average Bonchev–Trinajstić information content (AvgIpc) is 3.28. The van der Waals surface area contributed by atoms with Gasteiger partial charge >= 0.3 is 17.9 Å². The number of amides is 11. The molecular weight excluding hydrogens is 981 g/mol. The van der Waals surface area contributed by atoms with Crippen LogP contribution in [-0.4, -0.2) is 181 Å². The lowest BCUT2D eigenvalue weighted by Gasteiger charge is -2.27. The van der Waals surface area contributed by atoms with E-state index in [1.54, 1.807) is 0 Å². The molecule has 0 spiro atoms. The number of phenols is 1. The SMILES string of the molecule is CC(C)[C@H](NC(=O)[C@H](CC(=O)O)NC(=O)[C@H](CO)NC(=O)[C@H](CC(N)=O)NC(=O)[C@H](CC(N)=O)NC(=O)[C@H](CC(=O)O)NC(=O)[C@H](Cc1ccc(O)cc1)NC(=O)[C@H](CO)NC(=O)[C@@H](N)CCC(N)=O)C(=O)O. The fourth-order valence-corrected chi connectivity index (χ4v) is 6.16. The van der Waals surface area contributed by atoms with E-state index in [1.807, 2.05) is 21.3 Å². The normalized spacial score (nSPS) is 14.5. The molecular formula is C41H60N12O20. The molecule has 1 aromatic rings. The summed E-state index contributed by atoms with van der Waals surface area (Å²) in [4.78, 5) is 177. The molecule has 32 heteroatoms. The molecule has 0 aliphatic rings. The Labute approximate surface area is 413 Å². The van der Waals surface area contributed by atoms with Crippen LogP contribution in [0.1, 0.15) is 57.9 Å². The first kappa shape index (κ1) is 62.5. The van der Waals surface area contributed by atoms with Gasteiger partial charge in [0.05, 0.1) is 44.9 Å². The Bertz CT molecular complexity index is 2230. The van der Waals surface area contributed by atoms with E-state index in [2.05, 4.69) is 21.3 Å². The van der Waals surface area contributed by atoms with Gasteiger partial charge in [0.2, 0.25) is 65.0 Å². The Morgan fingerprint density at radius 1 is 0.466 bits per heavy atom. The van der Waals surface area contributed by atoms with E-state index in [-0.39, 0.29) is 24.2 Å². The van der Waals surface area contributed by atoms with Crippen LogP contribution in [0.15, 0.2) is 24.3 Å². The largest absolute Gasteiger partial charge is 0.508 e. The fraction of sp³-hybridized carbons (Fsp3) is 0.512. The number of phenolic OH excluding ortho intramolecular Hbond substituents is 1. The van der Waals surface area contributed by atoms with Crippen LogP contribution in [0, 0.1) is 5.92 Å². The van der Waals surface area contributed by atoms with E-state index in [4.69, 9.17) is 22.9 Å².